The highest BCUT2D eigenvalue weighted by atomic mass is 16.5. The first kappa shape index (κ1) is 13.2. The summed E-state index contributed by atoms with van der Waals surface area (Å²) in [5.74, 6) is -0.599. The lowest BCUT2D eigenvalue weighted by Crippen LogP contribution is -2.07. The van der Waals surface area contributed by atoms with Crippen LogP contribution >= 0.6 is 0 Å². The lowest BCUT2D eigenvalue weighted by atomic mass is 10.0. The van der Waals surface area contributed by atoms with Gasteiger partial charge in [-0.2, -0.15) is 0 Å². The van der Waals surface area contributed by atoms with Crippen LogP contribution in [0.3, 0.4) is 0 Å². The number of esters is 2. The maximum atomic E-state index is 11.2. The van der Waals surface area contributed by atoms with Crippen LogP contribution < -0.4 is 0 Å². The summed E-state index contributed by atoms with van der Waals surface area (Å²) >= 11 is 0. The van der Waals surface area contributed by atoms with Crippen LogP contribution in [0.15, 0.2) is 18.2 Å². The Morgan fingerprint density at radius 3 is 2.59 bits per heavy atom. The molecule has 0 aliphatic carbocycles. The molecule has 0 spiro atoms. The fraction of sp³-hybridized carbons (Fsp3) is 0.385. The molecule has 0 unspecified atom stereocenters. The molecular formula is C13H16O4. The zero-order valence-corrected chi connectivity index (χ0v) is 10.3. The summed E-state index contributed by atoms with van der Waals surface area (Å²) in [5.41, 5.74) is 2.77. The van der Waals surface area contributed by atoms with E-state index in [1.165, 1.54) is 14.0 Å². The Kier molecular flexibility index (Phi) is 4.69. The third-order valence-corrected chi connectivity index (χ3v) is 2.42. The number of rotatable bonds is 4. The first-order valence-corrected chi connectivity index (χ1v) is 5.31. The van der Waals surface area contributed by atoms with Crippen LogP contribution in [0.25, 0.3) is 0 Å². The molecule has 0 bridgehead atoms. The van der Waals surface area contributed by atoms with Crippen LogP contribution in [0.4, 0.5) is 0 Å². The number of hydrogen-bond acceptors (Lipinski definition) is 4. The Labute approximate surface area is 101 Å². The maximum absolute atomic E-state index is 11.2. The molecule has 0 aliphatic heterocycles. The maximum Gasteiger partial charge on any atom is 0.309 e. The average Bonchev–Trinajstić information content (AvgIpc) is 2.29. The second kappa shape index (κ2) is 6.03. The van der Waals surface area contributed by atoms with Gasteiger partial charge in [0, 0.05) is 6.92 Å². The van der Waals surface area contributed by atoms with Gasteiger partial charge in [-0.05, 0) is 23.6 Å². The summed E-state index contributed by atoms with van der Waals surface area (Å²) in [4.78, 5) is 21.9. The van der Waals surface area contributed by atoms with Crippen molar-refractivity contribution < 1.29 is 19.1 Å². The van der Waals surface area contributed by atoms with E-state index in [4.69, 9.17) is 4.74 Å². The van der Waals surface area contributed by atoms with Crippen molar-refractivity contribution in [2.24, 2.45) is 0 Å². The van der Waals surface area contributed by atoms with Crippen molar-refractivity contribution in [3.63, 3.8) is 0 Å². The molecule has 4 nitrogen and oxygen atoms in total. The Morgan fingerprint density at radius 1 is 1.29 bits per heavy atom. The van der Waals surface area contributed by atoms with Crippen LogP contribution in [0.1, 0.15) is 23.6 Å². The SMILES string of the molecule is COC(=O)Cc1cc(COC(C)=O)ccc1C. The summed E-state index contributed by atoms with van der Waals surface area (Å²) < 4.78 is 9.52. The highest BCUT2D eigenvalue weighted by Crippen LogP contribution is 2.13. The molecule has 92 valence electrons. The Hall–Kier alpha value is -1.84. The van der Waals surface area contributed by atoms with Gasteiger partial charge in [0.15, 0.2) is 0 Å². The van der Waals surface area contributed by atoms with Crippen molar-refractivity contribution in [1.82, 2.24) is 0 Å². The molecule has 0 saturated heterocycles. The Bertz CT molecular complexity index is 423. The van der Waals surface area contributed by atoms with E-state index in [1.807, 2.05) is 25.1 Å². The lowest BCUT2D eigenvalue weighted by molar-refractivity contribution is -0.142. The average molecular weight is 236 g/mol. The summed E-state index contributed by atoms with van der Waals surface area (Å²) in [7, 11) is 1.36. The molecule has 0 aliphatic rings. The lowest BCUT2D eigenvalue weighted by Gasteiger charge is -2.08. The third-order valence-electron chi connectivity index (χ3n) is 2.42. The highest BCUT2D eigenvalue weighted by molar-refractivity contribution is 5.73. The van der Waals surface area contributed by atoms with Gasteiger partial charge in [-0.3, -0.25) is 9.59 Å². The third kappa shape index (κ3) is 4.26. The number of hydrogen-bond donors (Lipinski definition) is 0. The van der Waals surface area contributed by atoms with E-state index in [0.29, 0.717) is 0 Å². The Morgan fingerprint density at radius 2 is 2.00 bits per heavy atom. The van der Waals surface area contributed by atoms with Crippen LogP contribution in [0.2, 0.25) is 0 Å². The standard InChI is InChI=1S/C13H16O4/c1-9-4-5-11(8-17-10(2)14)6-12(9)7-13(15)16-3/h4-6H,7-8H2,1-3H3. The molecule has 0 aromatic heterocycles. The zero-order valence-electron chi connectivity index (χ0n) is 10.3. The number of aryl methyl sites for hydroxylation is 1. The van der Waals surface area contributed by atoms with Gasteiger partial charge in [-0.15, -0.1) is 0 Å². The smallest absolute Gasteiger partial charge is 0.309 e. The topological polar surface area (TPSA) is 52.6 Å². The van der Waals surface area contributed by atoms with Crippen LogP contribution in [0.5, 0.6) is 0 Å². The van der Waals surface area contributed by atoms with E-state index in [2.05, 4.69) is 4.74 Å². The predicted molar refractivity (Wildman–Crippen MR) is 62.4 cm³/mol. The van der Waals surface area contributed by atoms with Crippen molar-refractivity contribution in [2.45, 2.75) is 26.9 Å². The second-order valence-electron chi connectivity index (χ2n) is 3.79. The van der Waals surface area contributed by atoms with Crippen molar-refractivity contribution in [3.05, 3.63) is 34.9 Å². The van der Waals surface area contributed by atoms with Crippen molar-refractivity contribution in [1.29, 1.82) is 0 Å². The van der Waals surface area contributed by atoms with Crippen molar-refractivity contribution in [3.8, 4) is 0 Å². The van der Waals surface area contributed by atoms with Crippen molar-refractivity contribution >= 4 is 11.9 Å². The normalized spacial score (nSPS) is 9.82. The molecule has 0 fully saturated rings. The molecule has 0 heterocycles. The molecule has 1 rings (SSSR count). The van der Waals surface area contributed by atoms with Gasteiger partial charge in [0.1, 0.15) is 6.61 Å². The number of carbonyl (C=O) groups excluding carboxylic acids is 2. The summed E-state index contributed by atoms with van der Waals surface area (Å²) in [5, 5.41) is 0. The second-order valence-corrected chi connectivity index (χ2v) is 3.79. The zero-order chi connectivity index (χ0) is 12.8. The van der Waals surface area contributed by atoms with E-state index < -0.39 is 0 Å². The number of carbonyl (C=O) groups is 2. The van der Waals surface area contributed by atoms with E-state index in [1.54, 1.807) is 0 Å². The van der Waals surface area contributed by atoms with E-state index >= 15 is 0 Å². The highest BCUT2D eigenvalue weighted by Gasteiger charge is 2.07. The fourth-order valence-electron chi connectivity index (χ4n) is 1.42. The van der Waals surface area contributed by atoms with Gasteiger partial charge < -0.3 is 9.47 Å². The van der Waals surface area contributed by atoms with Crippen LogP contribution in [-0.4, -0.2) is 19.0 Å². The minimum atomic E-state index is -0.319. The number of methoxy groups -OCH3 is 1. The van der Waals surface area contributed by atoms with E-state index in [9.17, 15) is 9.59 Å². The molecule has 0 amide bonds. The number of ether oxygens (including phenoxy) is 2. The molecule has 4 heteroatoms. The number of benzene rings is 1. The molecule has 1 aromatic rings. The molecule has 17 heavy (non-hydrogen) atoms. The monoisotopic (exact) mass is 236 g/mol. The van der Waals surface area contributed by atoms with Gasteiger partial charge >= 0.3 is 11.9 Å². The molecular weight excluding hydrogens is 220 g/mol. The first-order valence-electron chi connectivity index (χ1n) is 5.31. The van der Waals surface area contributed by atoms with Crippen LogP contribution in [-0.2, 0) is 32.1 Å². The van der Waals surface area contributed by atoms with Gasteiger partial charge in [-0.1, -0.05) is 18.2 Å². The molecule has 1 aromatic carbocycles. The fourth-order valence-corrected chi connectivity index (χ4v) is 1.42. The van der Waals surface area contributed by atoms with Gasteiger partial charge in [0.2, 0.25) is 0 Å². The molecule has 0 atom stereocenters. The summed E-state index contributed by atoms with van der Waals surface area (Å²) in [6.45, 7) is 3.52. The van der Waals surface area contributed by atoms with Crippen molar-refractivity contribution in [2.75, 3.05) is 7.11 Å². The Balaban J connectivity index is 2.79. The molecule has 0 saturated carbocycles. The minimum Gasteiger partial charge on any atom is -0.469 e. The van der Waals surface area contributed by atoms with Gasteiger partial charge in [-0.25, -0.2) is 0 Å². The quantitative estimate of drug-likeness (QED) is 0.748. The van der Waals surface area contributed by atoms with E-state index in [-0.39, 0.29) is 25.0 Å². The first-order chi connectivity index (χ1) is 8.02. The molecule has 0 radical (unpaired) electrons. The largest absolute Gasteiger partial charge is 0.469 e. The van der Waals surface area contributed by atoms with Crippen LogP contribution in [0, 0.1) is 6.92 Å². The van der Waals surface area contributed by atoms with Gasteiger partial charge in [0.05, 0.1) is 13.5 Å². The predicted octanol–water partition coefficient (Wildman–Crippen LogP) is 1.77. The molecule has 0 N–H and O–H groups in total. The van der Waals surface area contributed by atoms with Gasteiger partial charge in [0.25, 0.3) is 0 Å². The summed E-state index contributed by atoms with van der Waals surface area (Å²) in [6, 6.07) is 5.63. The minimum absolute atomic E-state index is 0.226. The summed E-state index contributed by atoms with van der Waals surface area (Å²) in [6.07, 6.45) is 0.232. The van der Waals surface area contributed by atoms with E-state index in [0.717, 1.165) is 16.7 Å².